The van der Waals surface area contributed by atoms with Gasteiger partial charge in [0.2, 0.25) is 11.8 Å². The summed E-state index contributed by atoms with van der Waals surface area (Å²) in [5.74, 6) is -0.262. The fourth-order valence-corrected chi connectivity index (χ4v) is 2.55. The molecule has 1 atom stereocenters. The molecule has 1 aromatic carbocycles. The number of carbonyl (C=O) groups is 2. The van der Waals surface area contributed by atoms with Gasteiger partial charge in [0, 0.05) is 13.5 Å². The number of amides is 2. The van der Waals surface area contributed by atoms with Crippen LogP contribution in [0.5, 0.6) is 0 Å². The molecular weight excluding hydrogens is 240 g/mol. The molecule has 102 valence electrons. The average Bonchev–Trinajstić information content (AvgIpc) is 2.40. The first kappa shape index (κ1) is 13.7. The third-order valence-corrected chi connectivity index (χ3v) is 3.44. The molecule has 2 rings (SSSR count). The van der Waals surface area contributed by atoms with Crippen molar-refractivity contribution >= 4 is 11.8 Å². The predicted molar refractivity (Wildman–Crippen MR) is 73.6 cm³/mol. The van der Waals surface area contributed by atoms with Crippen molar-refractivity contribution in [1.82, 2.24) is 10.2 Å². The smallest absolute Gasteiger partial charge is 0.233 e. The molecule has 19 heavy (non-hydrogen) atoms. The van der Waals surface area contributed by atoms with Gasteiger partial charge in [0.05, 0.1) is 12.5 Å². The Hall–Kier alpha value is -1.68. The first-order valence-corrected chi connectivity index (χ1v) is 6.76. The summed E-state index contributed by atoms with van der Waals surface area (Å²) in [5, 5.41) is 3.24. The summed E-state index contributed by atoms with van der Waals surface area (Å²) in [7, 11) is 0. The Morgan fingerprint density at radius 3 is 2.63 bits per heavy atom. The van der Waals surface area contributed by atoms with E-state index in [1.807, 2.05) is 30.3 Å². The Kier molecular flexibility index (Phi) is 4.68. The predicted octanol–water partition coefficient (Wildman–Crippen LogP) is 1.36. The summed E-state index contributed by atoms with van der Waals surface area (Å²) >= 11 is 0. The quantitative estimate of drug-likeness (QED) is 0.892. The number of rotatable bonds is 3. The van der Waals surface area contributed by atoms with E-state index in [9.17, 15) is 9.59 Å². The third-order valence-electron chi connectivity index (χ3n) is 3.44. The van der Waals surface area contributed by atoms with Gasteiger partial charge in [0.15, 0.2) is 0 Å². The van der Waals surface area contributed by atoms with Crippen LogP contribution >= 0.6 is 0 Å². The molecule has 0 spiro atoms. The van der Waals surface area contributed by atoms with Crippen molar-refractivity contribution in [3.05, 3.63) is 35.9 Å². The summed E-state index contributed by atoms with van der Waals surface area (Å²) in [4.78, 5) is 25.5. The second-order valence-electron chi connectivity index (χ2n) is 4.95. The van der Waals surface area contributed by atoms with Crippen LogP contribution in [0.1, 0.15) is 25.3 Å². The molecule has 0 aromatic heterocycles. The second-order valence-corrected chi connectivity index (χ2v) is 4.95. The van der Waals surface area contributed by atoms with Crippen LogP contribution in [-0.4, -0.2) is 35.8 Å². The van der Waals surface area contributed by atoms with Crippen molar-refractivity contribution in [3.8, 4) is 0 Å². The van der Waals surface area contributed by atoms with Crippen LogP contribution in [-0.2, 0) is 16.0 Å². The minimum atomic E-state index is -0.158. The molecule has 1 heterocycles. The zero-order chi connectivity index (χ0) is 13.7. The standard InChI is InChI=1S/C15H20N2O2/c1-12(18)17(14-8-5-9-16-11-14)15(19)10-13-6-3-2-4-7-13/h2-4,6-7,14,16H,5,8-11H2,1H3. The minimum Gasteiger partial charge on any atom is -0.315 e. The van der Waals surface area contributed by atoms with Gasteiger partial charge in [-0.2, -0.15) is 0 Å². The van der Waals surface area contributed by atoms with Crippen molar-refractivity contribution in [2.75, 3.05) is 13.1 Å². The topological polar surface area (TPSA) is 49.4 Å². The van der Waals surface area contributed by atoms with Gasteiger partial charge in [0.25, 0.3) is 0 Å². The lowest BCUT2D eigenvalue weighted by Crippen LogP contribution is -2.51. The van der Waals surface area contributed by atoms with Crippen molar-refractivity contribution < 1.29 is 9.59 Å². The Labute approximate surface area is 113 Å². The van der Waals surface area contributed by atoms with E-state index in [2.05, 4.69) is 5.32 Å². The highest BCUT2D eigenvalue weighted by Crippen LogP contribution is 2.13. The molecule has 0 aliphatic carbocycles. The second kappa shape index (κ2) is 6.48. The highest BCUT2D eigenvalue weighted by Gasteiger charge is 2.28. The fourth-order valence-electron chi connectivity index (χ4n) is 2.55. The summed E-state index contributed by atoms with van der Waals surface area (Å²) in [6.45, 7) is 3.15. The molecule has 4 nitrogen and oxygen atoms in total. The monoisotopic (exact) mass is 260 g/mol. The number of hydrogen-bond acceptors (Lipinski definition) is 3. The van der Waals surface area contributed by atoms with Crippen LogP contribution in [0.25, 0.3) is 0 Å². The Morgan fingerprint density at radius 2 is 2.05 bits per heavy atom. The molecule has 1 unspecified atom stereocenters. The molecule has 2 amide bonds. The van der Waals surface area contributed by atoms with E-state index in [4.69, 9.17) is 0 Å². The van der Waals surface area contributed by atoms with Gasteiger partial charge < -0.3 is 5.32 Å². The van der Waals surface area contributed by atoms with Crippen LogP contribution in [0.2, 0.25) is 0 Å². The summed E-state index contributed by atoms with van der Waals surface area (Å²) in [5.41, 5.74) is 0.947. The first-order chi connectivity index (χ1) is 9.18. The normalized spacial score (nSPS) is 18.9. The first-order valence-electron chi connectivity index (χ1n) is 6.76. The van der Waals surface area contributed by atoms with Gasteiger partial charge >= 0.3 is 0 Å². The molecule has 1 N–H and O–H groups in total. The van der Waals surface area contributed by atoms with Gasteiger partial charge in [-0.15, -0.1) is 0 Å². The molecule has 0 saturated carbocycles. The number of hydrogen-bond donors (Lipinski definition) is 1. The Bertz CT molecular complexity index is 439. The Balaban J connectivity index is 2.06. The van der Waals surface area contributed by atoms with Crippen LogP contribution in [0.3, 0.4) is 0 Å². The number of nitrogens with one attached hydrogen (secondary N) is 1. The molecule has 1 saturated heterocycles. The van der Waals surface area contributed by atoms with E-state index in [-0.39, 0.29) is 24.3 Å². The van der Waals surface area contributed by atoms with E-state index >= 15 is 0 Å². The SMILES string of the molecule is CC(=O)N(C(=O)Cc1ccccc1)C1CCCNC1. The van der Waals surface area contributed by atoms with Gasteiger partial charge in [-0.25, -0.2) is 0 Å². The summed E-state index contributed by atoms with van der Waals surface area (Å²) in [6.07, 6.45) is 2.19. The van der Waals surface area contributed by atoms with Crippen molar-refractivity contribution in [2.24, 2.45) is 0 Å². The third kappa shape index (κ3) is 3.64. The highest BCUT2D eigenvalue weighted by atomic mass is 16.2. The number of carbonyl (C=O) groups excluding carboxylic acids is 2. The van der Waals surface area contributed by atoms with E-state index in [0.29, 0.717) is 6.54 Å². The number of piperidine rings is 1. The number of nitrogens with zero attached hydrogens (tertiary/aromatic N) is 1. The molecule has 4 heteroatoms. The van der Waals surface area contributed by atoms with Gasteiger partial charge in [-0.1, -0.05) is 30.3 Å². The zero-order valence-corrected chi connectivity index (χ0v) is 11.3. The molecule has 0 radical (unpaired) electrons. The lowest BCUT2D eigenvalue weighted by molar-refractivity contribution is -0.146. The fraction of sp³-hybridized carbons (Fsp3) is 0.467. The molecule has 1 fully saturated rings. The largest absolute Gasteiger partial charge is 0.315 e. The zero-order valence-electron chi connectivity index (χ0n) is 11.3. The molecule has 1 aliphatic rings. The van der Waals surface area contributed by atoms with Crippen molar-refractivity contribution in [3.63, 3.8) is 0 Å². The lowest BCUT2D eigenvalue weighted by Gasteiger charge is -2.32. The minimum absolute atomic E-state index is 0.00228. The molecule has 0 bridgehead atoms. The Morgan fingerprint density at radius 1 is 1.32 bits per heavy atom. The van der Waals surface area contributed by atoms with E-state index in [1.54, 1.807) is 0 Å². The number of imide groups is 1. The van der Waals surface area contributed by atoms with Crippen molar-refractivity contribution in [1.29, 1.82) is 0 Å². The van der Waals surface area contributed by atoms with Crippen LogP contribution in [0.4, 0.5) is 0 Å². The van der Waals surface area contributed by atoms with Gasteiger partial charge in [-0.05, 0) is 24.9 Å². The van der Waals surface area contributed by atoms with Crippen LogP contribution < -0.4 is 5.32 Å². The van der Waals surface area contributed by atoms with E-state index < -0.39 is 0 Å². The molecule has 1 aromatic rings. The van der Waals surface area contributed by atoms with Crippen molar-refractivity contribution in [2.45, 2.75) is 32.2 Å². The van der Waals surface area contributed by atoms with Crippen LogP contribution in [0, 0.1) is 0 Å². The molecular formula is C15H20N2O2. The van der Waals surface area contributed by atoms with E-state index in [0.717, 1.165) is 24.9 Å². The highest BCUT2D eigenvalue weighted by molar-refractivity contribution is 5.95. The lowest BCUT2D eigenvalue weighted by atomic mass is 10.0. The van der Waals surface area contributed by atoms with E-state index in [1.165, 1.54) is 11.8 Å². The maximum Gasteiger partial charge on any atom is 0.233 e. The molecule has 1 aliphatic heterocycles. The summed E-state index contributed by atoms with van der Waals surface area (Å²) < 4.78 is 0. The maximum atomic E-state index is 12.3. The average molecular weight is 260 g/mol. The number of benzene rings is 1. The van der Waals surface area contributed by atoms with Gasteiger partial charge in [-0.3, -0.25) is 14.5 Å². The maximum absolute atomic E-state index is 12.3. The summed E-state index contributed by atoms with van der Waals surface area (Å²) in [6, 6.07) is 9.56. The van der Waals surface area contributed by atoms with Crippen LogP contribution in [0.15, 0.2) is 30.3 Å². The van der Waals surface area contributed by atoms with Gasteiger partial charge in [0.1, 0.15) is 0 Å².